The summed E-state index contributed by atoms with van der Waals surface area (Å²) in [7, 11) is 4.81. The summed E-state index contributed by atoms with van der Waals surface area (Å²) in [5, 5.41) is 2.83. The Labute approximate surface area is 147 Å². The maximum atomic E-state index is 12.2. The number of methoxy groups -OCH3 is 2. The number of hydrogen-bond donors (Lipinski definition) is 1. The molecule has 1 N–H and O–H groups in total. The molecule has 0 aromatic heterocycles. The van der Waals surface area contributed by atoms with E-state index in [1.54, 1.807) is 44.4 Å². The lowest BCUT2D eigenvalue weighted by molar-refractivity contribution is -0.116. The fraction of sp³-hybridized carbons (Fsp3) is 0.263. The molecular formula is C19H22N2O4. The first-order chi connectivity index (χ1) is 11.9. The van der Waals surface area contributed by atoms with Crippen LogP contribution in [0.3, 0.4) is 0 Å². The Balaban J connectivity index is 2.01. The molecule has 0 unspecified atom stereocenters. The van der Waals surface area contributed by atoms with Crippen molar-refractivity contribution in [2.45, 2.75) is 13.3 Å². The molecule has 132 valence electrons. The van der Waals surface area contributed by atoms with Crippen LogP contribution in [0.5, 0.6) is 11.5 Å². The molecule has 0 atom stereocenters. The van der Waals surface area contributed by atoms with E-state index in [9.17, 15) is 9.59 Å². The minimum absolute atomic E-state index is 0.0426. The summed E-state index contributed by atoms with van der Waals surface area (Å²) >= 11 is 0. The van der Waals surface area contributed by atoms with Gasteiger partial charge in [-0.1, -0.05) is 12.1 Å². The zero-order valence-electron chi connectivity index (χ0n) is 14.8. The second-order valence-corrected chi connectivity index (χ2v) is 5.54. The van der Waals surface area contributed by atoms with Crippen LogP contribution in [0, 0.1) is 0 Å². The van der Waals surface area contributed by atoms with Crippen LogP contribution >= 0.6 is 0 Å². The van der Waals surface area contributed by atoms with Crippen molar-refractivity contribution in [2.24, 2.45) is 0 Å². The van der Waals surface area contributed by atoms with Crippen molar-refractivity contribution in [3.8, 4) is 11.5 Å². The smallest absolute Gasteiger partial charge is 0.228 e. The van der Waals surface area contributed by atoms with Gasteiger partial charge in [0.25, 0.3) is 0 Å². The van der Waals surface area contributed by atoms with E-state index < -0.39 is 0 Å². The molecule has 2 amide bonds. The van der Waals surface area contributed by atoms with Gasteiger partial charge in [0.05, 0.1) is 20.6 Å². The van der Waals surface area contributed by atoms with E-state index in [-0.39, 0.29) is 18.2 Å². The third-order valence-corrected chi connectivity index (χ3v) is 3.83. The van der Waals surface area contributed by atoms with E-state index in [1.807, 2.05) is 24.3 Å². The third-order valence-electron chi connectivity index (χ3n) is 3.83. The lowest BCUT2D eigenvalue weighted by Crippen LogP contribution is -2.22. The first-order valence-electron chi connectivity index (χ1n) is 7.79. The fourth-order valence-electron chi connectivity index (χ4n) is 2.32. The molecule has 0 spiro atoms. The summed E-state index contributed by atoms with van der Waals surface area (Å²) in [6.07, 6.45) is 0.235. The van der Waals surface area contributed by atoms with Gasteiger partial charge in [0.1, 0.15) is 0 Å². The maximum Gasteiger partial charge on any atom is 0.228 e. The van der Waals surface area contributed by atoms with Crippen LogP contribution in [-0.4, -0.2) is 33.1 Å². The largest absolute Gasteiger partial charge is 0.493 e. The maximum absolute atomic E-state index is 12.2. The molecule has 2 aromatic carbocycles. The number of amides is 2. The van der Waals surface area contributed by atoms with Crippen LogP contribution in [0.4, 0.5) is 11.4 Å². The second kappa shape index (κ2) is 8.19. The molecule has 6 heteroatoms. The van der Waals surface area contributed by atoms with Crippen molar-refractivity contribution < 1.29 is 19.1 Å². The number of nitrogens with one attached hydrogen (secondary N) is 1. The Hall–Kier alpha value is -3.02. The summed E-state index contributed by atoms with van der Waals surface area (Å²) in [6.45, 7) is 1.50. The van der Waals surface area contributed by atoms with Gasteiger partial charge < -0.3 is 19.7 Å². The van der Waals surface area contributed by atoms with Gasteiger partial charge in [-0.25, -0.2) is 0 Å². The molecule has 25 heavy (non-hydrogen) atoms. The fourth-order valence-corrected chi connectivity index (χ4v) is 2.32. The monoisotopic (exact) mass is 342 g/mol. The van der Waals surface area contributed by atoms with Gasteiger partial charge >= 0.3 is 0 Å². The number of rotatable bonds is 6. The van der Waals surface area contributed by atoms with Crippen molar-refractivity contribution in [1.82, 2.24) is 0 Å². The van der Waals surface area contributed by atoms with Crippen molar-refractivity contribution in [1.29, 1.82) is 0 Å². The Morgan fingerprint density at radius 1 is 1.00 bits per heavy atom. The summed E-state index contributed by atoms with van der Waals surface area (Å²) in [5.74, 6) is 0.974. The zero-order chi connectivity index (χ0) is 18.4. The van der Waals surface area contributed by atoms with Crippen LogP contribution in [-0.2, 0) is 16.0 Å². The highest BCUT2D eigenvalue weighted by Crippen LogP contribution is 2.29. The molecule has 0 aliphatic heterocycles. The molecule has 0 fully saturated rings. The van der Waals surface area contributed by atoms with Crippen LogP contribution in [0.15, 0.2) is 42.5 Å². The molecule has 0 saturated carbocycles. The van der Waals surface area contributed by atoms with Gasteiger partial charge in [-0.2, -0.15) is 0 Å². The summed E-state index contributed by atoms with van der Waals surface area (Å²) < 4.78 is 10.4. The van der Waals surface area contributed by atoms with Gasteiger partial charge in [-0.15, -0.1) is 0 Å². The molecule has 0 aliphatic rings. The quantitative estimate of drug-likeness (QED) is 0.876. The molecule has 2 aromatic rings. The van der Waals surface area contributed by atoms with Crippen molar-refractivity contribution in [3.05, 3.63) is 48.0 Å². The molecular weight excluding hydrogens is 320 g/mol. The molecule has 0 saturated heterocycles. The number of carbonyl (C=O) groups excluding carboxylic acids is 2. The van der Waals surface area contributed by atoms with Gasteiger partial charge in [-0.3, -0.25) is 9.59 Å². The highest BCUT2D eigenvalue weighted by molar-refractivity contribution is 5.93. The number of benzene rings is 2. The van der Waals surface area contributed by atoms with Gasteiger partial charge in [0.2, 0.25) is 11.8 Å². The number of carbonyl (C=O) groups is 2. The predicted octanol–water partition coefficient (Wildman–Crippen LogP) is 2.87. The highest BCUT2D eigenvalue weighted by Gasteiger charge is 2.09. The first-order valence-corrected chi connectivity index (χ1v) is 7.79. The molecule has 0 radical (unpaired) electrons. The highest BCUT2D eigenvalue weighted by atomic mass is 16.5. The molecule has 0 bridgehead atoms. The number of nitrogens with zero attached hydrogens (tertiary/aromatic N) is 1. The van der Waals surface area contributed by atoms with E-state index >= 15 is 0 Å². The Morgan fingerprint density at radius 3 is 2.20 bits per heavy atom. The summed E-state index contributed by atoms with van der Waals surface area (Å²) in [5.41, 5.74) is 2.28. The van der Waals surface area contributed by atoms with Crippen LogP contribution < -0.4 is 19.7 Å². The minimum atomic E-state index is -0.139. The van der Waals surface area contributed by atoms with Gasteiger partial charge in [0, 0.05) is 31.4 Å². The van der Waals surface area contributed by atoms with Gasteiger partial charge in [-0.05, 0) is 29.8 Å². The SMILES string of the molecule is COc1ccc(NC(=O)Cc2ccc(N(C)C(C)=O)cc2)cc1OC. The number of ether oxygens (including phenoxy) is 2. The minimum Gasteiger partial charge on any atom is -0.493 e. The Morgan fingerprint density at radius 2 is 1.64 bits per heavy atom. The normalized spacial score (nSPS) is 10.1. The lowest BCUT2D eigenvalue weighted by Gasteiger charge is -2.15. The molecule has 2 rings (SSSR count). The standard InChI is InChI=1S/C19H22N2O4/c1-13(22)21(2)16-8-5-14(6-9-16)11-19(23)20-15-7-10-17(24-3)18(12-15)25-4/h5-10,12H,11H2,1-4H3,(H,20,23). The predicted molar refractivity (Wildman–Crippen MR) is 97.4 cm³/mol. The lowest BCUT2D eigenvalue weighted by atomic mass is 10.1. The van der Waals surface area contributed by atoms with E-state index in [2.05, 4.69) is 5.32 Å². The summed E-state index contributed by atoms with van der Waals surface area (Å²) in [4.78, 5) is 25.1. The number of hydrogen-bond acceptors (Lipinski definition) is 4. The van der Waals surface area contributed by atoms with Crippen molar-refractivity contribution in [3.63, 3.8) is 0 Å². The van der Waals surface area contributed by atoms with Crippen molar-refractivity contribution in [2.75, 3.05) is 31.5 Å². The first kappa shape index (κ1) is 18.3. The zero-order valence-corrected chi connectivity index (χ0v) is 14.8. The molecule has 0 aliphatic carbocycles. The van der Waals surface area contributed by atoms with Gasteiger partial charge in [0.15, 0.2) is 11.5 Å². The second-order valence-electron chi connectivity index (χ2n) is 5.54. The van der Waals surface area contributed by atoms with E-state index in [1.165, 1.54) is 6.92 Å². The van der Waals surface area contributed by atoms with E-state index in [0.29, 0.717) is 17.2 Å². The Bertz CT molecular complexity index is 757. The topological polar surface area (TPSA) is 67.9 Å². The Kier molecular flexibility index (Phi) is 6.00. The van der Waals surface area contributed by atoms with Crippen LogP contribution in [0.1, 0.15) is 12.5 Å². The van der Waals surface area contributed by atoms with Crippen LogP contribution in [0.2, 0.25) is 0 Å². The number of anilines is 2. The third kappa shape index (κ3) is 4.73. The average Bonchev–Trinajstić information content (AvgIpc) is 2.61. The van der Waals surface area contributed by atoms with E-state index in [4.69, 9.17) is 9.47 Å². The van der Waals surface area contributed by atoms with E-state index in [0.717, 1.165) is 11.3 Å². The molecule has 6 nitrogen and oxygen atoms in total. The van der Waals surface area contributed by atoms with Crippen LogP contribution in [0.25, 0.3) is 0 Å². The summed E-state index contributed by atoms with van der Waals surface area (Å²) in [6, 6.07) is 12.5. The molecule has 0 heterocycles. The average molecular weight is 342 g/mol. The van der Waals surface area contributed by atoms with Crippen molar-refractivity contribution >= 4 is 23.2 Å².